The molecule has 0 spiro atoms. The zero-order chi connectivity index (χ0) is 12.0. The van der Waals surface area contributed by atoms with Crippen LogP contribution >= 0.6 is 0 Å². The maximum Gasteiger partial charge on any atom is 0.203 e. The van der Waals surface area contributed by atoms with Crippen LogP contribution in [0, 0.1) is 11.3 Å². The Balaban J connectivity index is 3.14. The highest BCUT2D eigenvalue weighted by atomic mass is 16.1. The number of Topliss-reactive ketones (excluding diaryl/α,β-unsaturated/α-hetero) is 1. The zero-order valence-electron chi connectivity index (χ0n) is 9.66. The van der Waals surface area contributed by atoms with Crippen LogP contribution in [0.5, 0.6) is 0 Å². The minimum Gasteiger partial charge on any atom is -0.288 e. The number of hydrogen-bond donors (Lipinski definition) is 0. The summed E-state index contributed by atoms with van der Waals surface area (Å²) in [5, 5.41) is 9.06. The highest BCUT2D eigenvalue weighted by molar-refractivity contribution is 6.11. The highest BCUT2D eigenvalue weighted by Crippen LogP contribution is 2.17. The van der Waals surface area contributed by atoms with Gasteiger partial charge < -0.3 is 0 Å². The molecule has 0 N–H and O–H groups in total. The fourth-order valence-corrected chi connectivity index (χ4v) is 1.63. The molecule has 82 valence electrons. The van der Waals surface area contributed by atoms with Gasteiger partial charge in [0.15, 0.2) is 0 Å². The number of rotatable bonds is 4. The summed E-state index contributed by atoms with van der Waals surface area (Å²) in [4.78, 5) is 12.1. The third kappa shape index (κ3) is 2.58. The fourth-order valence-electron chi connectivity index (χ4n) is 1.63. The third-order valence-electron chi connectivity index (χ3n) is 2.58. The number of hydrogen-bond acceptors (Lipinski definition) is 2. The second-order valence-electron chi connectivity index (χ2n) is 3.49. The van der Waals surface area contributed by atoms with Crippen LogP contribution < -0.4 is 0 Å². The SMILES string of the molecule is CCC(CC)=C(C#N)C(=O)c1ccccc1. The van der Waals surface area contributed by atoms with Gasteiger partial charge in [0.2, 0.25) is 5.78 Å². The molecule has 0 aromatic heterocycles. The first kappa shape index (κ1) is 12.2. The number of nitrogens with zero attached hydrogens (tertiary/aromatic N) is 1. The molecular formula is C14H15NO. The van der Waals surface area contributed by atoms with Crippen molar-refractivity contribution in [3.63, 3.8) is 0 Å². The maximum absolute atomic E-state index is 12.1. The lowest BCUT2D eigenvalue weighted by Gasteiger charge is -2.05. The van der Waals surface area contributed by atoms with Gasteiger partial charge in [-0.05, 0) is 18.4 Å². The minimum absolute atomic E-state index is 0.165. The maximum atomic E-state index is 12.1. The molecule has 0 aliphatic heterocycles. The molecule has 1 rings (SSSR count). The molecule has 0 bridgehead atoms. The van der Waals surface area contributed by atoms with E-state index in [1.165, 1.54) is 0 Å². The van der Waals surface area contributed by atoms with Crippen molar-refractivity contribution in [3.05, 3.63) is 47.0 Å². The van der Waals surface area contributed by atoms with E-state index in [1.807, 2.05) is 26.0 Å². The fraction of sp³-hybridized carbons (Fsp3) is 0.286. The Bertz CT molecular complexity index is 432. The van der Waals surface area contributed by atoms with Crippen LogP contribution in [-0.4, -0.2) is 5.78 Å². The van der Waals surface area contributed by atoms with Crippen LogP contribution in [0.1, 0.15) is 37.0 Å². The molecule has 2 nitrogen and oxygen atoms in total. The van der Waals surface area contributed by atoms with E-state index in [-0.39, 0.29) is 5.78 Å². The van der Waals surface area contributed by atoms with Crippen LogP contribution in [0.2, 0.25) is 0 Å². The molecule has 0 aliphatic carbocycles. The predicted molar refractivity (Wildman–Crippen MR) is 64.0 cm³/mol. The molecule has 0 saturated heterocycles. The van der Waals surface area contributed by atoms with Crippen molar-refractivity contribution in [2.45, 2.75) is 26.7 Å². The van der Waals surface area contributed by atoms with E-state index < -0.39 is 0 Å². The first-order valence-corrected chi connectivity index (χ1v) is 5.46. The molecule has 16 heavy (non-hydrogen) atoms. The van der Waals surface area contributed by atoms with Gasteiger partial charge in [-0.25, -0.2) is 0 Å². The summed E-state index contributed by atoms with van der Waals surface area (Å²) >= 11 is 0. The first-order chi connectivity index (χ1) is 7.74. The van der Waals surface area contributed by atoms with Gasteiger partial charge in [0.05, 0.1) is 5.57 Å². The Morgan fingerprint density at radius 1 is 1.19 bits per heavy atom. The van der Waals surface area contributed by atoms with Crippen molar-refractivity contribution in [1.82, 2.24) is 0 Å². The Hall–Kier alpha value is -1.88. The number of carbonyl (C=O) groups is 1. The zero-order valence-corrected chi connectivity index (χ0v) is 9.66. The quantitative estimate of drug-likeness (QED) is 0.436. The Morgan fingerprint density at radius 2 is 1.75 bits per heavy atom. The third-order valence-corrected chi connectivity index (χ3v) is 2.58. The van der Waals surface area contributed by atoms with E-state index in [0.717, 1.165) is 18.4 Å². The van der Waals surface area contributed by atoms with Gasteiger partial charge in [-0.15, -0.1) is 0 Å². The molecule has 0 atom stereocenters. The van der Waals surface area contributed by atoms with E-state index in [1.54, 1.807) is 24.3 Å². The second-order valence-corrected chi connectivity index (χ2v) is 3.49. The van der Waals surface area contributed by atoms with Crippen LogP contribution in [0.25, 0.3) is 0 Å². The number of allylic oxidation sites excluding steroid dienone is 2. The van der Waals surface area contributed by atoms with Crippen LogP contribution in [0.3, 0.4) is 0 Å². The van der Waals surface area contributed by atoms with Crippen molar-refractivity contribution in [1.29, 1.82) is 5.26 Å². The predicted octanol–water partition coefficient (Wildman–Crippen LogP) is 3.51. The number of ketones is 1. The molecule has 1 aromatic carbocycles. The van der Waals surface area contributed by atoms with Crippen LogP contribution in [-0.2, 0) is 0 Å². The van der Waals surface area contributed by atoms with Crippen molar-refractivity contribution in [2.24, 2.45) is 0 Å². The number of carbonyl (C=O) groups excluding carboxylic acids is 1. The molecule has 0 heterocycles. The Labute approximate surface area is 96.2 Å². The average molecular weight is 213 g/mol. The standard InChI is InChI=1S/C14H15NO/c1-3-11(4-2)13(10-15)14(16)12-8-6-5-7-9-12/h5-9H,3-4H2,1-2H3. The summed E-state index contributed by atoms with van der Waals surface area (Å²) in [5.74, 6) is -0.165. The smallest absolute Gasteiger partial charge is 0.203 e. The molecule has 0 amide bonds. The summed E-state index contributed by atoms with van der Waals surface area (Å²) in [6, 6.07) is 11.0. The number of nitriles is 1. The molecule has 0 saturated carbocycles. The summed E-state index contributed by atoms with van der Waals surface area (Å²) < 4.78 is 0. The first-order valence-electron chi connectivity index (χ1n) is 5.46. The van der Waals surface area contributed by atoms with Gasteiger partial charge in [-0.2, -0.15) is 5.26 Å². The van der Waals surface area contributed by atoms with E-state index in [2.05, 4.69) is 0 Å². The summed E-state index contributed by atoms with van der Waals surface area (Å²) in [6.45, 7) is 3.93. The minimum atomic E-state index is -0.165. The van der Waals surface area contributed by atoms with Gasteiger partial charge in [0.25, 0.3) is 0 Å². The van der Waals surface area contributed by atoms with Crippen molar-refractivity contribution < 1.29 is 4.79 Å². The largest absolute Gasteiger partial charge is 0.288 e. The van der Waals surface area contributed by atoms with E-state index in [0.29, 0.717) is 11.1 Å². The lowest BCUT2D eigenvalue weighted by atomic mass is 9.96. The molecule has 0 unspecified atom stereocenters. The van der Waals surface area contributed by atoms with Gasteiger partial charge >= 0.3 is 0 Å². The van der Waals surface area contributed by atoms with Gasteiger partial charge in [0, 0.05) is 5.56 Å². The monoisotopic (exact) mass is 213 g/mol. The second kappa shape index (κ2) is 5.87. The molecule has 2 heteroatoms. The molecule has 0 fully saturated rings. The number of benzene rings is 1. The van der Waals surface area contributed by atoms with Gasteiger partial charge in [0.1, 0.15) is 6.07 Å². The normalized spacial score (nSPS) is 9.31. The molecule has 1 aromatic rings. The topological polar surface area (TPSA) is 40.9 Å². The summed E-state index contributed by atoms with van der Waals surface area (Å²) in [5.41, 5.74) is 1.81. The van der Waals surface area contributed by atoms with Crippen LogP contribution in [0.4, 0.5) is 0 Å². The molecule has 0 aliphatic rings. The Kier molecular flexibility index (Phi) is 4.47. The van der Waals surface area contributed by atoms with Crippen molar-refractivity contribution in [2.75, 3.05) is 0 Å². The van der Waals surface area contributed by atoms with Crippen molar-refractivity contribution in [3.8, 4) is 6.07 Å². The van der Waals surface area contributed by atoms with Crippen LogP contribution in [0.15, 0.2) is 41.5 Å². The summed E-state index contributed by atoms with van der Waals surface area (Å²) in [7, 11) is 0. The molecule has 0 radical (unpaired) electrons. The molecular weight excluding hydrogens is 198 g/mol. The summed E-state index contributed by atoms with van der Waals surface area (Å²) in [6.07, 6.45) is 1.50. The van der Waals surface area contributed by atoms with E-state index in [9.17, 15) is 4.79 Å². The Morgan fingerprint density at radius 3 is 2.19 bits per heavy atom. The van der Waals surface area contributed by atoms with Crippen molar-refractivity contribution >= 4 is 5.78 Å². The lowest BCUT2D eigenvalue weighted by molar-refractivity contribution is 0.103. The van der Waals surface area contributed by atoms with E-state index in [4.69, 9.17) is 5.26 Å². The highest BCUT2D eigenvalue weighted by Gasteiger charge is 2.14. The lowest BCUT2D eigenvalue weighted by Crippen LogP contribution is -2.04. The van der Waals surface area contributed by atoms with Gasteiger partial charge in [-0.3, -0.25) is 4.79 Å². The van der Waals surface area contributed by atoms with Gasteiger partial charge in [-0.1, -0.05) is 44.2 Å². The van der Waals surface area contributed by atoms with E-state index >= 15 is 0 Å². The average Bonchev–Trinajstić information content (AvgIpc) is 2.36.